The SMILES string of the molecule is O=C(O)c1cc(C(=O)N(CC2CCCO2)C2CCS(=O)(=O)C2)ccn1. The van der Waals surface area contributed by atoms with Crippen LogP contribution in [-0.2, 0) is 14.6 Å². The molecule has 1 aromatic rings. The third kappa shape index (κ3) is 4.16. The van der Waals surface area contributed by atoms with Gasteiger partial charge in [0.25, 0.3) is 5.91 Å². The number of carboxylic acid groups (broad SMARTS) is 1. The summed E-state index contributed by atoms with van der Waals surface area (Å²) < 4.78 is 29.2. The minimum Gasteiger partial charge on any atom is -0.477 e. The largest absolute Gasteiger partial charge is 0.477 e. The van der Waals surface area contributed by atoms with Gasteiger partial charge in [0.15, 0.2) is 9.84 Å². The number of ether oxygens (including phenoxy) is 1. The Labute approximate surface area is 145 Å². The van der Waals surface area contributed by atoms with Crippen LogP contribution in [-0.4, -0.2) is 72.1 Å². The van der Waals surface area contributed by atoms with Crippen LogP contribution in [0.3, 0.4) is 0 Å². The molecule has 3 rings (SSSR count). The lowest BCUT2D eigenvalue weighted by molar-refractivity contribution is 0.0441. The molecule has 2 aliphatic rings. The number of hydrogen-bond acceptors (Lipinski definition) is 6. The van der Waals surface area contributed by atoms with Crippen molar-refractivity contribution in [3.05, 3.63) is 29.6 Å². The van der Waals surface area contributed by atoms with Crippen molar-refractivity contribution in [3.63, 3.8) is 0 Å². The number of carbonyl (C=O) groups is 2. The zero-order chi connectivity index (χ0) is 18.0. The molecule has 0 aliphatic carbocycles. The van der Waals surface area contributed by atoms with Crippen LogP contribution in [0.15, 0.2) is 18.3 Å². The maximum Gasteiger partial charge on any atom is 0.354 e. The first-order chi connectivity index (χ1) is 11.9. The van der Waals surface area contributed by atoms with E-state index in [1.807, 2.05) is 0 Å². The van der Waals surface area contributed by atoms with E-state index >= 15 is 0 Å². The van der Waals surface area contributed by atoms with Crippen molar-refractivity contribution in [2.24, 2.45) is 0 Å². The van der Waals surface area contributed by atoms with E-state index in [2.05, 4.69) is 4.98 Å². The highest BCUT2D eigenvalue weighted by Gasteiger charge is 2.36. The average molecular weight is 368 g/mol. The second-order valence-corrected chi connectivity index (χ2v) is 8.61. The Bertz CT molecular complexity index is 773. The molecule has 25 heavy (non-hydrogen) atoms. The molecule has 0 bridgehead atoms. The van der Waals surface area contributed by atoms with Crippen molar-refractivity contribution in [2.75, 3.05) is 24.7 Å². The van der Waals surface area contributed by atoms with E-state index in [-0.39, 0.29) is 34.8 Å². The van der Waals surface area contributed by atoms with Gasteiger partial charge in [0.05, 0.1) is 17.6 Å². The second kappa shape index (κ2) is 7.09. The van der Waals surface area contributed by atoms with Crippen LogP contribution in [0, 0.1) is 0 Å². The lowest BCUT2D eigenvalue weighted by atomic mass is 10.1. The number of aromatic nitrogens is 1. The smallest absolute Gasteiger partial charge is 0.354 e. The number of aromatic carboxylic acids is 1. The van der Waals surface area contributed by atoms with Gasteiger partial charge in [-0.2, -0.15) is 0 Å². The molecule has 8 nitrogen and oxygen atoms in total. The van der Waals surface area contributed by atoms with Gasteiger partial charge in [-0.15, -0.1) is 0 Å². The summed E-state index contributed by atoms with van der Waals surface area (Å²) in [5.74, 6) is -1.61. The topological polar surface area (TPSA) is 114 Å². The molecule has 1 aromatic heterocycles. The standard InChI is InChI=1S/C16H20N2O6S/c19-15(11-3-5-17-14(8-11)16(20)21)18(9-13-2-1-6-24-13)12-4-7-25(22,23)10-12/h3,5,8,12-13H,1-2,4,6-7,9-10H2,(H,20,21). The summed E-state index contributed by atoms with van der Waals surface area (Å²) in [5, 5.41) is 9.05. The zero-order valence-electron chi connectivity index (χ0n) is 13.6. The first-order valence-electron chi connectivity index (χ1n) is 8.18. The van der Waals surface area contributed by atoms with E-state index in [0.29, 0.717) is 19.6 Å². The Kier molecular flexibility index (Phi) is 5.05. The quantitative estimate of drug-likeness (QED) is 0.809. The van der Waals surface area contributed by atoms with E-state index < -0.39 is 21.8 Å². The average Bonchev–Trinajstić information content (AvgIpc) is 3.21. The molecule has 0 radical (unpaired) electrons. The number of sulfone groups is 1. The summed E-state index contributed by atoms with van der Waals surface area (Å²) in [6.07, 6.45) is 3.27. The number of nitrogens with zero attached hydrogens (tertiary/aromatic N) is 2. The molecule has 2 saturated heterocycles. The summed E-state index contributed by atoms with van der Waals surface area (Å²) in [6.45, 7) is 0.942. The summed E-state index contributed by atoms with van der Waals surface area (Å²) in [7, 11) is -3.15. The molecule has 136 valence electrons. The number of carbonyl (C=O) groups excluding carboxylic acids is 1. The predicted molar refractivity (Wildman–Crippen MR) is 88.3 cm³/mol. The highest BCUT2D eigenvalue weighted by Crippen LogP contribution is 2.23. The summed E-state index contributed by atoms with van der Waals surface area (Å²) >= 11 is 0. The Morgan fingerprint density at radius 1 is 1.36 bits per heavy atom. The molecular formula is C16H20N2O6S. The van der Waals surface area contributed by atoms with Crippen molar-refractivity contribution in [1.29, 1.82) is 0 Å². The molecule has 2 unspecified atom stereocenters. The van der Waals surface area contributed by atoms with Crippen molar-refractivity contribution in [2.45, 2.75) is 31.4 Å². The molecule has 2 aliphatic heterocycles. The van der Waals surface area contributed by atoms with Crippen LogP contribution in [0.25, 0.3) is 0 Å². The first kappa shape index (κ1) is 17.8. The lowest BCUT2D eigenvalue weighted by Gasteiger charge is -2.30. The minimum atomic E-state index is -3.15. The van der Waals surface area contributed by atoms with Crippen LogP contribution < -0.4 is 0 Å². The second-order valence-electron chi connectivity index (χ2n) is 6.38. The third-order valence-electron chi connectivity index (χ3n) is 4.56. The van der Waals surface area contributed by atoms with Gasteiger partial charge in [0.1, 0.15) is 5.69 Å². The Morgan fingerprint density at radius 2 is 2.16 bits per heavy atom. The zero-order valence-corrected chi connectivity index (χ0v) is 14.4. The van der Waals surface area contributed by atoms with Gasteiger partial charge in [0.2, 0.25) is 0 Å². The molecule has 9 heteroatoms. The van der Waals surface area contributed by atoms with Crippen LogP contribution in [0.4, 0.5) is 0 Å². The molecule has 2 fully saturated rings. The molecular weight excluding hydrogens is 348 g/mol. The number of hydrogen-bond donors (Lipinski definition) is 1. The van der Waals surface area contributed by atoms with Crippen LogP contribution >= 0.6 is 0 Å². The number of carboxylic acids is 1. The summed E-state index contributed by atoms with van der Waals surface area (Å²) in [5.41, 5.74) is -0.0309. The van der Waals surface area contributed by atoms with E-state index in [1.165, 1.54) is 23.2 Å². The predicted octanol–water partition coefficient (Wildman–Crippen LogP) is 0.588. The van der Waals surface area contributed by atoms with Gasteiger partial charge in [-0.25, -0.2) is 18.2 Å². The molecule has 1 amide bonds. The van der Waals surface area contributed by atoms with Crippen molar-refractivity contribution in [3.8, 4) is 0 Å². The molecule has 2 atom stereocenters. The molecule has 0 aromatic carbocycles. The molecule has 3 heterocycles. The van der Waals surface area contributed by atoms with Gasteiger partial charge in [0, 0.05) is 31.0 Å². The molecule has 0 spiro atoms. The monoisotopic (exact) mass is 368 g/mol. The summed E-state index contributed by atoms with van der Waals surface area (Å²) in [6, 6.07) is 2.25. The Balaban J connectivity index is 1.86. The lowest BCUT2D eigenvalue weighted by Crippen LogP contribution is -2.45. The third-order valence-corrected chi connectivity index (χ3v) is 6.31. The maximum absolute atomic E-state index is 13.0. The van der Waals surface area contributed by atoms with Crippen molar-refractivity contribution >= 4 is 21.7 Å². The highest BCUT2D eigenvalue weighted by atomic mass is 32.2. The van der Waals surface area contributed by atoms with Gasteiger partial charge < -0.3 is 14.7 Å². The van der Waals surface area contributed by atoms with Gasteiger partial charge in [-0.05, 0) is 31.4 Å². The fraction of sp³-hybridized carbons (Fsp3) is 0.562. The van der Waals surface area contributed by atoms with Gasteiger partial charge >= 0.3 is 5.97 Å². The Hall–Kier alpha value is -2.00. The van der Waals surface area contributed by atoms with Crippen molar-refractivity contribution in [1.82, 2.24) is 9.88 Å². The van der Waals surface area contributed by atoms with Crippen molar-refractivity contribution < 1.29 is 27.9 Å². The van der Waals surface area contributed by atoms with Gasteiger partial charge in [-0.1, -0.05) is 0 Å². The van der Waals surface area contributed by atoms with Crippen LogP contribution in [0.5, 0.6) is 0 Å². The maximum atomic E-state index is 13.0. The van der Waals surface area contributed by atoms with Crippen LogP contribution in [0.1, 0.15) is 40.1 Å². The number of amides is 1. The summed E-state index contributed by atoms with van der Waals surface area (Å²) in [4.78, 5) is 29.3. The fourth-order valence-corrected chi connectivity index (χ4v) is 5.00. The van der Waals surface area contributed by atoms with E-state index in [4.69, 9.17) is 9.84 Å². The molecule has 0 saturated carbocycles. The number of rotatable bonds is 5. The van der Waals surface area contributed by atoms with Gasteiger partial charge in [-0.3, -0.25) is 4.79 Å². The highest BCUT2D eigenvalue weighted by molar-refractivity contribution is 7.91. The normalized spacial score (nSPS) is 25.0. The first-order valence-corrected chi connectivity index (χ1v) is 10.0. The van der Waals surface area contributed by atoms with E-state index in [0.717, 1.165) is 12.8 Å². The number of pyridine rings is 1. The van der Waals surface area contributed by atoms with Crippen LogP contribution in [0.2, 0.25) is 0 Å². The fourth-order valence-electron chi connectivity index (χ4n) is 3.27. The van der Waals surface area contributed by atoms with E-state index in [1.54, 1.807) is 0 Å². The minimum absolute atomic E-state index is 0.0592. The van der Waals surface area contributed by atoms with E-state index in [9.17, 15) is 18.0 Å². The Morgan fingerprint density at radius 3 is 2.76 bits per heavy atom. The molecule has 1 N–H and O–H groups in total.